The quantitative estimate of drug-likeness (QED) is 0.747. The number of hydrazine groups is 1. The minimum absolute atomic E-state index is 0.0940. The number of amides is 1. The van der Waals surface area contributed by atoms with Crippen LogP contribution >= 0.6 is 0 Å². The van der Waals surface area contributed by atoms with Crippen LogP contribution in [0.1, 0.15) is 32.3 Å². The van der Waals surface area contributed by atoms with Crippen LogP contribution in [0.4, 0.5) is 4.79 Å². The van der Waals surface area contributed by atoms with E-state index in [1.807, 2.05) is 12.1 Å². The first kappa shape index (κ1) is 16.6. The van der Waals surface area contributed by atoms with Gasteiger partial charge in [0.1, 0.15) is 6.61 Å². The van der Waals surface area contributed by atoms with E-state index in [4.69, 9.17) is 4.74 Å². The SMILES string of the molecule is C=CC[C@@H](CCc1ccccc1)NN1C(=O)OC[C@@H]1C(C)C. The molecule has 1 aromatic rings. The van der Waals surface area contributed by atoms with Crippen LogP contribution in [0.3, 0.4) is 0 Å². The largest absolute Gasteiger partial charge is 0.446 e. The first-order chi connectivity index (χ1) is 10.6. The Morgan fingerprint density at radius 1 is 1.41 bits per heavy atom. The monoisotopic (exact) mass is 302 g/mol. The molecule has 2 atom stereocenters. The molecule has 1 saturated heterocycles. The van der Waals surface area contributed by atoms with Crippen molar-refractivity contribution in [3.63, 3.8) is 0 Å². The molecule has 4 nitrogen and oxygen atoms in total. The standard InChI is InChI=1S/C18H26N2O2/c1-4-8-16(12-11-15-9-6-5-7-10-15)19-20-17(14(2)3)13-22-18(20)21/h4-7,9-10,14,16-17,19H,1,8,11-13H2,2-3H3/t16-,17+/m0/s1. The van der Waals surface area contributed by atoms with Crippen LogP contribution in [-0.4, -0.2) is 29.8 Å². The smallest absolute Gasteiger partial charge is 0.424 e. The van der Waals surface area contributed by atoms with Gasteiger partial charge in [-0.05, 0) is 30.7 Å². The lowest BCUT2D eigenvalue weighted by Crippen LogP contribution is -2.51. The number of hydrogen-bond donors (Lipinski definition) is 1. The molecular weight excluding hydrogens is 276 g/mol. The van der Waals surface area contributed by atoms with Gasteiger partial charge in [0.25, 0.3) is 0 Å². The Hall–Kier alpha value is -1.81. The van der Waals surface area contributed by atoms with E-state index in [1.165, 1.54) is 5.56 Å². The average molecular weight is 302 g/mol. The van der Waals surface area contributed by atoms with Crippen LogP contribution in [0.25, 0.3) is 0 Å². The zero-order chi connectivity index (χ0) is 15.9. The summed E-state index contributed by atoms with van der Waals surface area (Å²) in [5, 5.41) is 1.67. The number of benzene rings is 1. The molecule has 120 valence electrons. The third-order valence-electron chi connectivity index (χ3n) is 4.07. The number of carbonyl (C=O) groups is 1. The third kappa shape index (κ3) is 4.34. The van der Waals surface area contributed by atoms with Gasteiger partial charge in [0.05, 0.1) is 6.04 Å². The van der Waals surface area contributed by atoms with Crippen molar-refractivity contribution in [2.45, 2.75) is 45.2 Å². The van der Waals surface area contributed by atoms with Crippen LogP contribution in [0.5, 0.6) is 0 Å². The molecule has 0 unspecified atom stereocenters. The molecule has 1 heterocycles. The zero-order valence-electron chi connectivity index (χ0n) is 13.5. The van der Waals surface area contributed by atoms with E-state index in [-0.39, 0.29) is 18.2 Å². The fourth-order valence-corrected chi connectivity index (χ4v) is 2.69. The Labute approximate surface area is 133 Å². The van der Waals surface area contributed by atoms with Crippen molar-refractivity contribution >= 4 is 6.09 Å². The molecule has 4 heteroatoms. The van der Waals surface area contributed by atoms with Crippen LogP contribution < -0.4 is 5.43 Å². The highest BCUT2D eigenvalue weighted by atomic mass is 16.6. The molecule has 0 spiro atoms. The molecular formula is C18H26N2O2. The van der Waals surface area contributed by atoms with E-state index >= 15 is 0 Å². The highest BCUT2D eigenvalue weighted by Crippen LogP contribution is 2.19. The molecule has 0 saturated carbocycles. The number of nitrogens with one attached hydrogen (secondary N) is 1. The molecule has 1 aliphatic heterocycles. The van der Waals surface area contributed by atoms with Crippen LogP contribution in [-0.2, 0) is 11.2 Å². The minimum atomic E-state index is -0.271. The Kier molecular flexibility index (Phi) is 6.01. The fraction of sp³-hybridized carbons (Fsp3) is 0.500. The highest BCUT2D eigenvalue weighted by Gasteiger charge is 2.36. The van der Waals surface area contributed by atoms with Gasteiger partial charge in [-0.15, -0.1) is 6.58 Å². The van der Waals surface area contributed by atoms with E-state index in [0.717, 1.165) is 19.3 Å². The second kappa shape index (κ2) is 7.99. The number of rotatable bonds is 8. The predicted molar refractivity (Wildman–Crippen MR) is 88.3 cm³/mol. The first-order valence-electron chi connectivity index (χ1n) is 7.98. The van der Waals surface area contributed by atoms with Gasteiger partial charge in [-0.1, -0.05) is 50.3 Å². The lowest BCUT2D eigenvalue weighted by molar-refractivity contribution is 0.121. The third-order valence-corrected chi connectivity index (χ3v) is 4.07. The van der Waals surface area contributed by atoms with Crippen molar-refractivity contribution in [3.05, 3.63) is 48.6 Å². The fourth-order valence-electron chi connectivity index (χ4n) is 2.69. The molecule has 1 N–H and O–H groups in total. The molecule has 22 heavy (non-hydrogen) atoms. The lowest BCUT2D eigenvalue weighted by Gasteiger charge is -2.29. The van der Waals surface area contributed by atoms with Crippen LogP contribution in [0.2, 0.25) is 0 Å². The second-order valence-corrected chi connectivity index (χ2v) is 6.13. The molecule has 0 aliphatic carbocycles. The Morgan fingerprint density at radius 2 is 2.14 bits per heavy atom. The minimum Gasteiger partial charge on any atom is -0.446 e. The van der Waals surface area contributed by atoms with Gasteiger partial charge in [-0.3, -0.25) is 0 Å². The second-order valence-electron chi connectivity index (χ2n) is 6.13. The van der Waals surface area contributed by atoms with Crippen LogP contribution in [0, 0.1) is 5.92 Å². The van der Waals surface area contributed by atoms with Gasteiger partial charge in [0.2, 0.25) is 0 Å². The van der Waals surface area contributed by atoms with Gasteiger partial charge in [-0.2, -0.15) is 0 Å². The normalized spacial score (nSPS) is 19.3. The summed E-state index contributed by atoms with van der Waals surface area (Å²) in [7, 11) is 0. The van der Waals surface area contributed by atoms with Crippen molar-refractivity contribution in [2.24, 2.45) is 5.92 Å². The van der Waals surface area contributed by atoms with Crippen molar-refractivity contribution in [3.8, 4) is 0 Å². The lowest BCUT2D eigenvalue weighted by atomic mass is 10.0. The Morgan fingerprint density at radius 3 is 2.77 bits per heavy atom. The topological polar surface area (TPSA) is 41.6 Å². The van der Waals surface area contributed by atoms with Crippen LogP contribution in [0.15, 0.2) is 43.0 Å². The number of cyclic esters (lactones) is 1. The first-order valence-corrected chi connectivity index (χ1v) is 7.98. The summed E-state index contributed by atoms with van der Waals surface area (Å²) >= 11 is 0. The Balaban J connectivity index is 1.95. The number of nitrogens with zero attached hydrogens (tertiary/aromatic N) is 1. The number of carbonyl (C=O) groups excluding carboxylic acids is 1. The molecule has 2 rings (SSSR count). The molecule has 1 aliphatic rings. The van der Waals surface area contributed by atoms with E-state index < -0.39 is 0 Å². The van der Waals surface area contributed by atoms with Gasteiger partial charge < -0.3 is 4.74 Å². The number of ether oxygens (including phenoxy) is 1. The summed E-state index contributed by atoms with van der Waals surface area (Å²) in [5.74, 6) is 0.359. The number of aryl methyl sites for hydroxylation is 1. The van der Waals surface area contributed by atoms with Gasteiger partial charge in [0.15, 0.2) is 0 Å². The summed E-state index contributed by atoms with van der Waals surface area (Å²) in [6.07, 6.45) is 4.37. The van der Waals surface area contributed by atoms with E-state index in [2.05, 4.69) is 50.1 Å². The summed E-state index contributed by atoms with van der Waals surface area (Å²) in [5.41, 5.74) is 4.66. The number of hydrogen-bond acceptors (Lipinski definition) is 3. The molecule has 0 bridgehead atoms. The molecule has 1 aromatic carbocycles. The molecule has 1 amide bonds. The van der Waals surface area contributed by atoms with Crippen molar-refractivity contribution in [1.82, 2.24) is 10.4 Å². The molecule has 1 fully saturated rings. The summed E-state index contributed by atoms with van der Waals surface area (Å²) in [4.78, 5) is 11.9. The van der Waals surface area contributed by atoms with Gasteiger partial charge in [0, 0.05) is 6.04 Å². The molecule has 0 radical (unpaired) electrons. The van der Waals surface area contributed by atoms with Gasteiger partial charge >= 0.3 is 6.09 Å². The van der Waals surface area contributed by atoms with Crippen molar-refractivity contribution in [1.29, 1.82) is 0 Å². The summed E-state index contributed by atoms with van der Waals surface area (Å²) in [6.45, 7) is 8.50. The molecule has 0 aromatic heterocycles. The average Bonchev–Trinajstić information content (AvgIpc) is 2.87. The highest BCUT2D eigenvalue weighted by molar-refractivity contribution is 5.69. The predicted octanol–water partition coefficient (Wildman–Crippen LogP) is 3.55. The maximum Gasteiger partial charge on any atom is 0.424 e. The zero-order valence-corrected chi connectivity index (χ0v) is 13.5. The van der Waals surface area contributed by atoms with E-state index in [0.29, 0.717) is 12.5 Å². The summed E-state index contributed by atoms with van der Waals surface area (Å²) < 4.78 is 5.18. The maximum atomic E-state index is 11.9. The van der Waals surface area contributed by atoms with Crippen molar-refractivity contribution < 1.29 is 9.53 Å². The van der Waals surface area contributed by atoms with E-state index in [9.17, 15) is 4.79 Å². The maximum absolute atomic E-state index is 11.9. The Bertz CT molecular complexity index is 487. The van der Waals surface area contributed by atoms with Gasteiger partial charge in [-0.25, -0.2) is 15.2 Å². The van der Waals surface area contributed by atoms with Crippen molar-refractivity contribution in [2.75, 3.05) is 6.61 Å². The van der Waals surface area contributed by atoms with E-state index in [1.54, 1.807) is 5.01 Å². The summed E-state index contributed by atoms with van der Waals surface area (Å²) in [6, 6.07) is 10.7.